The Labute approximate surface area is 133 Å². The molecule has 3 nitrogen and oxygen atoms in total. The van der Waals surface area contributed by atoms with E-state index in [4.69, 9.17) is 17.3 Å². The monoisotopic (exact) mass is 320 g/mol. The summed E-state index contributed by atoms with van der Waals surface area (Å²) in [7, 11) is 0. The molecular formula is C16H17ClN2OS. The van der Waals surface area contributed by atoms with Gasteiger partial charge < -0.3 is 11.1 Å². The van der Waals surface area contributed by atoms with E-state index >= 15 is 0 Å². The van der Waals surface area contributed by atoms with E-state index in [0.717, 1.165) is 4.90 Å². The molecule has 21 heavy (non-hydrogen) atoms. The zero-order valence-electron chi connectivity index (χ0n) is 11.9. The zero-order valence-corrected chi connectivity index (χ0v) is 13.5. The summed E-state index contributed by atoms with van der Waals surface area (Å²) in [6.07, 6.45) is 0. The molecule has 2 aromatic carbocycles. The van der Waals surface area contributed by atoms with Crippen molar-refractivity contribution in [3.63, 3.8) is 0 Å². The minimum absolute atomic E-state index is 0.0673. The Balaban J connectivity index is 1.98. The van der Waals surface area contributed by atoms with Gasteiger partial charge in [0.05, 0.1) is 16.0 Å². The fourth-order valence-electron chi connectivity index (χ4n) is 1.74. The predicted molar refractivity (Wildman–Crippen MR) is 91.0 cm³/mol. The predicted octanol–water partition coefficient (Wildman–Crippen LogP) is 4.35. The number of nitrogens with one attached hydrogen (secondary N) is 1. The Morgan fingerprint density at radius 1 is 1.24 bits per heavy atom. The van der Waals surface area contributed by atoms with E-state index in [0.29, 0.717) is 16.4 Å². The molecule has 0 fully saturated rings. The molecular weight excluding hydrogens is 304 g/mol. The van der Waals surface area contributed by atoms with Crippen molar-refractivity contribution >= 4 is 40.6 Å². The summed E-state index contributed by atoms with van der Waals surface area (Å²) in [6, 6.07) is 13.2. The van der Waals surface area contributed by atoms with Crippen LogP contribution in [0.25, 0.3) is 0 Å². The highest BCUT2D eigenvalue weighted by molar-refractivity contribution is 8.00. The summed E-state index contributed by atoms with van der Waals surface area (Å²) < 4.78 is 0. The third kappa shape index (κ3) is 4.41. The molecule has 5 heteroatoms. The number of hydrogen-bond donors (Lipinski definition) is 2. The Morgan fingerprint density at radius 3 is 2.52 bits per heavy atom. The second-order valence-electron chi connectivity index (χ2n) is 4.80. The molecule has 1 unspecified atom stereocenters. The summed E-state index contributed by atoms with van der Waals surface area (Å²) in [5.41, 5.74) is 8.03. The van der Waals surface area contributed by atoms with Crippen LogP contribution in [0.1, 0.15) is 12.5 Å². The normalized spacial score (nSPS) is 12.0. The van der Waals surface area contributed by atoms with Crippen LogP contribution >= 0.6 is 23.4 Å². The highest BCUT2D eigenvalue weighted by atomic mass is 35.5. The smallest absolute Gasteiger partial charge is 0.237 e. The van der Waals surface area contributed by atoms with Crippen molar-refractivity contribution in [3.8, 4) is 0 Å². The van der Waals surface area contributed by atoms with Gasteiger partial charge >= 0.3 is 0 Å². The molecule has 1 atom stereocenters. The van der Waals surface area contributed by atoms with Crippen molar-refractivity contribution in [2.75, 3.05) is 11.1 Å². The third-order valence-electron chi connectivity index (χ3n) is 2.97. The molecule has 0 radical (unpaired) electrons. The molecule has 0 aromatic heterocycles. The van der Waals surface area contributed by atoms with Crippen molar-refractivity contribution in [1.82, 2.24) is 0 Å². The van der Waals surface area contributed by atoms with Gasteiger partial charge in [-0.15, -0.1) is 11.8 Å². The standard InChI is InChI=1S/C16H17ClN2OS/c1-10-3-6-13(7-4-10)21-11(2)16(20)19-12-5-8-14(17)15(18)9-12/h3-9,11H,18H2,1-2H3,(H,19,20). The SMILES string of the molecule is Cc1ccc(SC(C)C(=O)Nc2ccc(Cl)c(N)c2)cc1. The summed E-state index contributed by atoms with van der Waals surface area (Å²) in [5.74, 6) is -0.0673. The maximum atomic E-state index is 12.2. The topological polar surface area (TPSA) is 55.1 Å². The van der Waals surface area contributed by atoms with Crippen molar-refractivity contribution in [2.45, 2.75) is 24.0 Å². The van der Waals surface area contributed by atoms with Crippen LogP contribution in [0.15, 0.2) is 47.4 Å². The molecule has 2 aromatic rings. The lowest BCUT2D eigenvalue weighted by Gasteiger charge is -2.12. The van der Waals surface area contributed by atoms with Gasteiger partial charge in [0.2, 0.25) is 5.91 Å². The molecule has 1 amide bonds. The number of anilines is 2. The van der Waals surface area contributed by atoms with Crippen molar-refractivity contribution in [2.24, 2.45) is 0 Å². The van der Waals surface area contributed by atoms with Crippen LogP contribution in [-0.4, -0.2) is 11.2 Å². The fraction of sp³-hybridized carbons (Fsp3) is 0.188. The first-order chi connectivity index (χ1) is 9.95. The van der Waals surface area contributed by atoms with E-state index in [1.54, 1.807) is 18.2 Å². The first-order valence-electron chi connectivity index (χ1n) is 6.55. The number of aryl methyl sites for hydroxylation is 1. The van der Waals surface area contributed by atoms with E-state index in [1.807, 2.05) is 38.1 Å². The number of amides is 1. The highest BCUT2D eigenvalue weighted by Crippen LogP contribution is 2.26. The average Bonchev–Trinajstić information content (AvgIpc) is 2.45. The second-order valence-corrected chi connectivity index (χ2v) is 6.62. The van der Waals surface area contributed by atoms with Crippen LogP contribution in [0.4, 0.5) is 11.4 Å². The Hall–Kier alpha value is -1.65. The van der Waals surface area contributed by atoms with Crippen LogP contribution < -0.4 is 11.1 Å². The third-order valence-corrected chi connectivity index (χ3v) is 4.42. The molecule has 0 aliphatic heterocycles. The largest absolute Gasteiger partial charge is 0.397 e. The molecule has 0 aliphatic carbocycles. The Morgan fingerprint density at radius 2 is 1.90 bits per heavy atom. The van der Waals surface area contributed by atoms with Gasteiger partial charge in [-0.25, -0.2) is 0 Å². The molecule has 0 saturated heterocycles. The van der Waals surface area contributed by atoms with Gasteiger partial charge in [-0.2, -0.15) is 0 Å². The summed E-state index contributed by atoms with van der Waals surface area (Å²) >= 11 is 7.38. The van der Waals surface area contributed by atoms with Crippen LogP contribution in [0.5, 0.6) is 0 Å². The first kappa shape index (κ1) is 15.7. The second kappa shape index (κ2) is 6.87. The summed E-state index contributed by atoms with van der Waals surface area (Å²) in [4.78, 5) is 13.2. The average molecular weight is 321 g/mol. The number of rotatable bonds is 4. The number of halogens is 1. The molecule has 0 bridgehead atoms. The van der Waals surface area contributed by atoms with E-state index < -0.39 is 0 Å². The lowest BCUT2D eigenvalue weighted by Crippen LogP contribution is -2.22. The minimum atomic E-state index is -0.204. The number of carbonyl (C=O) groups is 1. The van der Waals surface area contributed by atoms with Gasteiger partial charge in [0, 0.05) is 10.6 Å². The van der Waals surface area contributed by atoms with E-state index in [2.05, 4.69) is 5.32 Å². The van der Waals surface area contributed by atoms with Crippen LogP contribution in [0.3, 0.4) is 0 Å². The number of benzene rings is 2. The van der Waals surface area contributed by atoms with E-state index in [-0.39, 0.29) is 11.2 Å². The lowest BCUT2D eigenvalue weighted by molar-refractivity contribution is -0.115. The van der Waals surface area contributed by atoms with Crippen molar-refractivity contribution in [1.29, 1.82) is 0 Å². The quantitative estimate of drug-likeness (QED) is 0.650. The maximum absolute atomic E-state index is 12.2. The Kier molecular flexibility index (Phi) is 5.15. The number of carbonyl (C=O) groups excluding carboxylic acids is 1. The molecule has 3 N–H and O–H groups in total. The summed E-state index contributed by atoms with van der Waals surface area (Å²) in [5, 5.41) is 3.12. The van der Waals surface area contributed by atoms with Crippen molar-refractivity contribution < 1.29 is 4.79 Å². The molecule has 0 spiro atoms. The lowest BCUT2D eigenvalue weighted by atomic mass is 10.2. The Bertz CT molecular complexity index is 643. The molecule has 110 valence electrons. The molecule has 2 rings (SSSR count). The van der Waals surface area contributed by atoms with Crippen molar-refractivity contribution in [3.05, 3.63) is 53.1 Å². The maximum Gasteiger partial charge on any atom is 0.237 e. The van der Waals surface area contributed by atoms with Gasteiger partial charge in [-0.3, -0.25) is 4.79 Å². The van der Waals surface area contributed by atoms with Crippen LogP contribution in [0, 0.1) is 6.92 Å². The van der Waals surface area contributed by atoms with E-state index in [9.17, 15) is 4.79 Å². The van der Waals surface area contributed by atoms with Gasteiger partial charge in [-0.1, -0.05) is 29.3 Å². The molecule has 0 saturated carbocycles. The fourth-order valence-corrected chi connectivity index (χ4v) is 2.72. The number of nitrogen functional groups attached to an aromatic ring is 1. The summed E-state index contributed by atoms with van der Waals surface area (Å²) in [6.45, 7) is 3.91. The van der Waals surface area contributed by atoms with Gasteiger partial charge in [0.25, 0.3) is 0 Å². The van der Waals surface area contributed by atoms with Gasteiger partial charge in [0.15, 0.2) is 0 Å². The number of thioether (sulfide) groups is 1. The zero-order chi connectivity index (χ0) is 15.4. The molecule has 0 heterocycles. The minimum Gasteiger partial charge on any atom is -0.397 e. The van der Waals surface area contributed by atoms with E-state index in [1.165, 1.54) is 17.3 Å². The van der Waals surface area contributed by atoms with Crippen LogP contribution in [0.2, 0.25) is 5.02 Å². The van der Waals surface area contributed by atoms with Gasteiger partial charge in [0.1, 0.15) is 0 Å². The number of hydrogen-bond acceptors (Lipinski definition) is 3. The number of nitrogens with two attached hydrogens (primary N) is 1. The van der Waals surface area contributed by atoms with Gasteiger partial charge in [-0.05, 0) is 44.2 Å². The first-order valence-corrected chi connectivity index (χ1v) is 7.80. The molecule has 0 aliphatic rings. The van der Waals surface area contributed by atoms with Crippen LogP contribution in [-0.2, 0) is 4.79 Å². The highest BCUT2D eigenvalue weighted by Gasteiger charge is 2.14.